The zero-order valence-corrected chi connectivity index (χ0v) is 20.4. The molecule has 180 valence electrons. The molecule has 0 aliphatic heterocycles. The molecule has 0 saturated heterocycles. The highest BCUT2D eigenvalue weighted by molar-refractivity contribution is 6.32. The van der Waals surface area contributed by atoms with E-state index in [9.17, 15) is 4.79 Å². The van der Waals surface area contributed by atoms with Crippen LogP contribution in [0.4, 0.5) is 15.8 Å². The van der Waals surface area contributed by atoms with E-state index in [2.05, 4.69) is 34.9 Å². The minimum Gasteiger partial charge on any atom is -0.352 e. The third kappa shape index (κ3) is 5.77. The van der Waals surface area contributed by atoms with Crippen molar-refractivity contribution in [2.24, 2.45) is 5.92 Å². The van der Waals surface area contributed by atoms with Crippen LogP contribution < -0.4 is 21.6 Å². The fourth-order valence-electron chi connectivity index (χ4n) is 3.93. The zero-order valence-electron chi connectivity index (χ0n) is 20.4. The number of nitrogens with zero attached hydrogens (tertiary/aromatic N) is 2. The monoisotopic (exact) mass is 465 g/mol. The van der Waals surface area contributed by atoms with Crippen molar-refractivity contribution in [3.63, 3.8) is 0 Å². The Labute approximate surface area is 200 Å². The number of anilines is 2. The minimum atomic E-state index is -0.552. The van der Waals surface area contributed by atoms with Crippen LogP contribution in [0.1, 0.15) is 49.0 Å². The molecule has 7 nitrogen and oxygen atoms in total. The standard InChI is InChI=1S/C25H33BFN5O2/c1-15(2)28-9-4-10-32-14-29-24-21(32)12-19(25(33)31-34-13-17-5-6-17)23(22(24)27)30-20-8-7-18(26)11-16(20)3/h7-8,11-12,14-15,17,28,30H,4-6,9-10,13,26H2,1-3H3,(H,31,33). The number of rotatable bonds is 11. The largest absolute Gasteiger partial charge is 0.352 e. The van der Waals surface area contributed by atoms with Crippen LogP contribution in [0.2, 0.25) is 0 Å². The van der Waals surface area contributed by atoms with Gasteiger partial charge in [-0.25, -0.2) is 14.9 Å². The number of hydrogen-bond acceptors (Lipinski definition) is 5. The summed E-state index contributed by atoms with van der Waals surface area (Å²) in [5, 5.41) is 6.53. The molecule has 1 saturated carbocycles. The Morgan fingerprint density at radius 1 is 1.32 bits per heavy atom. The van der Waals surface area contributed by atoms with Gasteiger partial charge >= 0.3 is 0 Å². The van der Waals surface area contributed by atoms with Crippen molar-refractivity contribution in [3.8, 4) is 0 Å². The number of halogens is 1. The summed E-state index contributed by atoms with van der Waals surface area (Å²) >= 11 is 0. The van der Waals surface area contributed by atoms with Crippen molar-refractivity contribution in [3.05, 3.63) is 47.5 Å². The first-order chi connectivity index (χ1) is 16.3. The molecule has 0 radical (unpaired) electrons. The number of aryl methyl sites for hydroxylation is 2. The molecule has 1 fully saturated rings. The van der Waals surface area contributed by atoms with Gasteiger partial charge in [0.05, 0.1) is 29.7 Å². The number of carbonyl (C=O) groups excluding carboxylic acids is 1. The van der Waals surface area contributed by atoms with E-state index < -0.39 is 11.7 Å². The van der Waals surface area contributed by atoms with Gasteiger partial charge in [0.2, 0.25) is 0 Å². The van der Waals surface area contributed by atoms with E-state index in [0.717, 1.165) is 42.5 Å². The van der Waals surface area contributed by atoms with Gasteiger partial charge in [-0.1, -0.05) is 31.4 Å². The summed E-state index contributed by atoms with van der Waals surface area (Å²) in [6, 6.07) is 7.95. The van der Waals surface area contributed by atoms with Gasteiger partial charge < -0.3 is 15.2 Å². The van der Waals surface area contributed by atoms with Gasteiger partial charge in [-0.2, -0.15) is 0 Å². The van der Waals surface area contributed by atoms with E-state index in [1.54, 1.807) is 12.4 Å². The Hall–Kier alpha value is -2.91. The van der Waals surface area contributed by atoms with E-state index in [4.69, 9.17) is 4.84 Å². The highest BCUT2D eigenvalue weighted by atomic mass is 19.1. The van der Waals surface area contributed by atoms with E-state index in [-0.39, 0.29) is 16.8 Å². The molecule has 9 heteroatoms. The maximum Gasteiger partial charge on any atom is 0.277 e. The van der Waals surface area contributed by atoms with Crippen molar-refractivity contribution < 1.29 is 14.0 Å². The van der Waals surface area contributed by atoms with Crippen molar-refractivity contribution in [2.75, 3.05) is 18.5 Å². The van der Waals surface area contributed by atoms with E-state index in [1.807, 2.05) is 37.5 Å². The number of benzene rings is 2. The number of hydrogen-bond donors (Lipinski definition) is 3. The summed E-state index contributed by atoms with van der Waals surface area (Å²) in [5.74, 6) is -0.542. The number of imidazole rings is 1. The molecule has 4 rings (SSSR count). The molecule has 2 aromatic carbocycles. The predicted molar refractivity (Wildman–Crippen MR) is 136 cm³/mol. The molecule has 0 bridgehead atoms. The highest BCUT2D eigenvalue weighted by Gasteiger charge is 2.25. The number of fused-ring (bicyclic) bond motifs is 1. The number of hydroxylamine groups is 1. The smallest absolute Gasteiger partial charge is 0.277 e. The molecule has 1 aliphatic rings. The number of carbonyl (C=O) groups is 1. The lowest BCUT2D eigenvalue weighted by Crippen LogP contribution is -2.26. The first-order valence-electron chi connectivity index (χ1n) is 12.0. The quantitative estimate of drug-likeness (QED) is 0.231. The van der Waals surface area contributed by atoms with E-state index in [0.29, 0.717) is 30.6 Å². The maximum atomic E-state index is 15.8. The Morgan fingerprint density at radius 2 is 2.12 bits per heavy atom. The first kappa shape index (κ1) is 24.2. The molecule has 0 spiro atoms. The Balaban J connectivity index is 1.66. The fourth-order valence-corrected chi connectivity index (χ4v) is 3.93. The van der Waals surface area contributed by atoms with Gasteiger partial charge in [0, 0.05) is 18.3 Å². The minimum absolute atomic E-state index is 0.0960. The Morgan fingerprint density at radius 3 is 2.82 bits per heavy atom. The second-order valence-corrected chi connectivity index (χ2v) is 9.51. The molecule has 0 unspecified atom stereocenters. The van der Waals surface area contributed by atoms with Crippen LogP contribution in [0, 0.1) is 18.7 Å². The van der Waals surface area contributed by atoms with Crippen LogP contribution in [0.5, 0.6) is 0 Å². The molecule has 3 aromatic rings. The summed E-state index contributed by atoms with van der Waals surface area (Å²) in [5.41, 5.74) is 6.40. The van der Waals surface area contributed by atoms with Gasteiger partial charge in [-0.15, -0.1) is 0 Å². The Bertz CT molecular complexity index is 1180. The third-order valence-electron chi connectivity index (χ3n) is 6.05. The maximum absolute atomic E-state index is 15.8. The average Bonchev–Trinajstić information content (AvgIpc) is 3.52. The number of aromatic nitrogens is 2. The molecule has 1 aliphatic carbocycles. The third-order valence-corrected chi connectivity index (χ3v) is 6.05. The Kier molecular flexibility index (Phi) is 7.53. The number of amides is 1. The topological polar surface area (TPSA) is 80.2 Å². The van der Waals surface area contributed by atoms with Gasteiger partial charge in [-0.05, 0) is 56.3 Å². The van der Waals surface area contributed by atoms with Crippen LogP contribution in [-0.4, -0.2) is 42.5 Å². The zero-order chi connectivity index (χ0) is 24.2. The van der Waals surface area contributed by atoms with E-state index in [1.165, 1.54) is 0 Å². The second kappa shape index (κ2) is 10.6. The summed E-state index contributed by atoms with van der Waals surface area (Å²) in [6.45, 7) is 8.12. The molecule has 34 heavy (non-hydrogen) atoms. The van der Waals surface area contributed by atoms with Crippen LogP contribution in [0.25, 0.3) is 11.0 Å². The fraction of sp³-hybridized carbons (Fsp3) is 0.440. The van der Waals surface area contributed by atoms with Gasteiger partial charge in [0.25, 0.3) is 5.91 Å². The van der Waals surface area contributed by atoms with Crippen molar-refractivity contribution >= 4 is 41.6 Å². The second-order valence-electron chi connectivity index (χ2n) is 9.51. The summed E-state index contributed by atoms with van der Waals surface area (Å²) < 4.78 is 17.7. The summed E-state index contributed by atoms with van der Waals surface area (Å²) in [7, 11) is 2.00. The van der Waals surface area contributed by atoms with Crippen LogP contribution in [0.15, 0.2) is 30.6 Å². The lowest BCUT2D eigenvalue weighted by molar-refractivity contribution is 0.0271. The van der Waals surface area contributed by atoms with Crippen molar-refractivity contribution in [1.29, 1.82) is 0 Å². The molecular weight excluding hydrogens is 432 g/mol. The lowest BCUT2D eigenvalue weighted by atomic mass is 9.94. The average molecular weight is 465 g/mol. The first-order valence-corrected chi connectivity index (χ1v) is 12.0. The summed E-state index contributed by atoms with van der Waals surface area (Å²) in [4.78, 5) is 22.8. The highest BCUT2D eigenvalue weighted by Crippen LogP contribution is 2.32. The predicted octanol–water partition coefficient (Wildman–Crippen LogP) is 2.95. The van der Waals surface area contributed by atoms with Crippen LogP contribution >= 0.6 is 0 Å². The molecule has 0 atom stereocenters. The molecular formula is C25H33BFN5O2. The van der Waals surface area contributed by atoms with Crippen LogP contribution in [-0.2, 0) is 11.4 Å². The van der Waals surface area contributed by atoms with Crippen molar-refractivity contribution in [2.45, 2.75) is 52.6 Å². The van der Waals surface area contributed by atoms with Crippen LogP contribution in [0.3, 0.4) is 0 Å². The van der Waals surface area contributed by atoms with Crippen molar-refractivity contribution in [1.82, 2.24) is 20.3 Å². The molecule has 3 N–H and O–H groups in total. The van der Waals surface area contributed by atoms with Gasteiger partial charge in [0.15, 0.2) is 5.82 Å². The molecule has 1 amide bonds. The number of nitrogens with one attached hydrogen (secondary N) is 3. The van der Waals surface area contributed by atoms with E-state index >= 15 is 4.39 Å². The normalized spacial score (nSPS) is 13.6. The van der Waals surface area contributed by atoms with Gasteiger partial charge in [-0.3, -0.25) is 9.63 Å². The lowest BCUT2D eigenvalue weighted by Gasteiger charge is -2.16. The molecule has 1 heterocycles. The summed E-state index contributed by atoms with van der Waals surface area (Å²) in [6.07, 6.45) is 4.72. The molecule has 1 aromatic heterocycles. The SMILES string of the molecule is Bc1ccc(Nc2c(C(=O)NOCC3CC3)cc3c(ncn3CCCNC(C)C)c2F)c(C)c1. The van der Waals surface area contributed by atoms with Gasteiger partial charge in [0.1, 0.15) is 13.4 Å².